The van der Waals surface area contributed by atoms with E-state index in [9.17, 15) is 0 Å². The summed E-state index contributed by atoms with van der Waals surface area (Å²) in [5.41, 5.74) is 1.39. The molecule has 0 fully saturated rings. The molecule has 1 atom stereocenters. The molecule has 1 N–H and O–H groups in total. The maximum atomic E-state index is 8.63. The fourth-order valence-corrected chi connectivity index (χ4v) is 1.02. The third-order valence-electron chi connectivity index (χ3n) is 1.83. The van der Waals surface area contributed by atoms with Crippen LogP contribution in [-0.2, 0) is 17.1 Å². The Kier molecular flexibility index (Phi) is 11.4. The second kappa shape index (κ2) is 9.31. The molecule has 1 unspecified atom stereocenters. The van der Waals surface area contributed by atoms with Crippen molar-refractivity contribution in [2.75, 3.05) is 6.61 Å². The normalized spacial score (nSPS) is 11.7. The monoisotopic (exact) mass is 219 g/mol. The van der Waals surface area contributed by atoms with Gasteiger partial charge in [0.05, 0.1) is 0 Å². The summed E-state index contributed by atoms with van der Waals surface area (Å²) in [6, 6.07) is 0. The van der Waals surface area contributed by atoms with E-state index in [0.717, 1.165) is 12.8 Å². The van der Waals surface area contributed by atoms with Gasteiger partial charge in [-0.15, -0.1) is 0 Å². The molecule has 0 spiro atoms. The summed E-state index contributed by atoms with van der Waals surface area (Å²) in [7, 11) is 0. The topological polar surface area (TPSA) is 20.2 Å². The second-order valence-corrected chi connectivity index (χ2v) is 3.48. The third kappa shape index (κ3) is 10.2. The molecule has 1 nitrogen and oxygen atoms in total. The molecule has 0 aromatic carbocycles. The van der Waals surface area contributed by atoms with E-state index in [0.29, 0.717) is 12.5 Å². The summed E-state index contributed by atoms with van der Waals surface area (Å²) in [4.78, 5) is 0. The van der Waals surface area contributed by atoms with Crippen molar-refractivity contribution in [1.82, 2.24) is 0 Å². The summed E-state index contributed by atoms with van der Waals surface area (Å²) in [6.45, 7) is 6.76. The molecule has 0 saturated carbocycles. The van der Waals surface area contributed by atoms with Crippen molar-refractivity contribution in [3.05, 3.63) is 11.6 Å². The van der Waals surface area contributed by atoms with E-state index in [1.165, 1.54) is 12.0 Å². The van der Waals surface area contributed by atoms with E-state index in [4.69, 9.17) is 5.11 Å². The molecule has 0 amide bonds. The first kappa shape index (κ1) is 14.7. The van der Waals surface area contributed by atoms with Gasteiger partial charge in [0.2, 0.25) is 0 Å². The molecule has 0 heterocycles. The number of rotatable bonds is 5. The van der Waals surface area contributed by atoms with Gasteiger partial charge in [-0.25, -0.2) is 0 Å². The summed E-state index contributed by atoms with van der Waals surface area (Å²) < 4.78 is 0. The summed E-state index contributed by atoms with van der Waals surface area (Å²) >= 11 is 0. The van der Waals surface area contributed by atoms with Gasteiger partial charge in [0.1, 0.15) is 0 Å². The van der Waals surface area contributed by atoms with E-state index >= 15 is 0 Å². The summed E-state index contributed by atoms with van der Waals surface area (Å²) in [6.07, 6.45) is 5.56. The SMILES string of the molecule is CC(C)=CCCC(C)CCO.[Cu]. The van der Waals surface area contributed by atoms with Crippen LogP contribution in [0.4, 0.5) is 0 Å². The van der Waals surface area contributed by atoms with Crippen LogP contribution in [0.2, 0.25) is 0 Å². The van der Waals surface area contributed by atoms with Crippen molar-refractivity contribution in [3.8, 4) is 0 Å². The zero-order valence-electron chi connectivity index (χ0n) is 8.23. The average molecular weight is 220 g/mol. The molecule has 0 aromatic rings. The van der Waals surface area contributed by atoms with Crippen LogP contribution >= 0.6 is 0 Å². The van der Waals surface area contributed by atoms with Crippen molar-refractivity contribution in [1.29, 1.82) is 0 Å². The zero-order valence-corrected chi connectivity index (χ0v) is 9.17. The van der Waals surface area contributed by atoms with Crippen molar-refractivity contribution < 1.29 is 22.2 Å². The van der Waals surface area contributed by atoms with Crippen LogP contribution in [0.1, 0.15) is 40.0 Å². The molecule has 0 saturated heterocycles. The fraction of sp³-hybridized carbons (Fsp3) is 0.800. The molecule has 0 aliphatic carbocycles. The molecule has 0 bridgehead atoms. The Morgan fingerprint density at radius 3 is 2.33 bits per heavy atom. The first-order valence-corrected chi connectivity index (χ1v) is 4.41. The van der Waals surface area contributed by atoms with E-state index in [2.05, 4.69) is 26.8 Å². The standard InChI is InChI=1S/C10H20O.Cu/c1-9(2)5-4-6-10(3)7-8-11;/h5,10-11H,4,6-8H2,1-3H3;. The van der Waals surface area contributed by atoms with E-state index in [1.807, 2.05) is 0 Å². The fourth-order valence-electron chi connectivity index (χ4n) is 1.02. The maximum absolute atomic E-state index is 8.63. The summed E-state index contributed by atoms with van der Waals surface area (Å²) in [5, 5.41) is 8.63. The first-order chi connectivity index (χ1) is 5.16. The molecule has 0 aliphatic rings. The molecule has 2 heteroatoms. The van der Waals surface area contributed by atoms with Gasteiger partial charge in [-0.3, -0.25) is 0 Å². The van der Waals surface area contributed by atoms with Gasteiger partial charge in [-0.1, -0.05) is 18.6 Å². The van der Waals surface area contributed by atoms with Gasteiger partial charge in [0, 0.05) is 23.7 Å². The average Bonchev–Trinajstić information content (AvgIpc) is 1.87. The Balaban J connectivity index is 0. The molecule has 77 valence electrons. The molecule has 1 radical (unpaired) electrons. The Hall–Kier alpha value is 0.219. The Morgan fingerprint density at radius 1 is 1.33 bits per heavy atom. The first-order valence-electron chi connectivity index (χ1n) is 4.41. The number of allylic oxidation sites excluding steroid dienone is 2. The van der Waals surface area contributed by atoms with Crippen LogP contribution in [0.3, 0.4) is 0 Å². The number of hydrogen-bond acceptors (Lipinski definition) is 1. The van der Waals surface area contributed by atoms with Gasteiger partial charge in [0.15, 0.2) is 0 Å². The number of aliphatic hydroxyl groups excluding tert-OH is 1. The van der Waals surface area contributed by atoms with Crippen LogP contribution in [0.25, 0.3) is 0 Å². The van der Waals surface area contributed by atoms with Crippen LogP contribution in [0.5, 0.6) is 0 Å². The van der Waals surface area contributed by atoms with Crippen molar-refractivity contribution in [2.45, 2.75) is 40.0 Å². The van der Waals surface area contributed by atoms with E-state index in [1.54, 1.807) is 0 Å². The Morgan fingerprint density at radius 2 is 1.92 bits per heavy atom. The minimum Gasteiger partial charge on any atom is -0.396 e. The zero-order chi connectivity index (χ0) is 8.69. The van der Waals surface area contributed by atoms with Gasteiger partial charge in [0.25, 0.3) is 0 Å². The number of aliphatic hydroxyl groups is 1. The smallest absolute Gasteiger partial charge is 0.0433 e. The molecular weight excluding hydrogens is 200 g/mol. The van der Waals surface area contributed by atoms with E-state index < -0.39 is 0 Å². The molecule has 12 heavy (non-hydrogen) atoms. The molecular formula is C10H20CuO. The van der Waals surface area contributed by atoms with Crippen LogP contribution in [0, 0.1) is 5.92 Å². The largest absolute Gasteiger partial charge is 0.396 e. The number of hydrogen-bond donors (Lipinski definition) is 1. The Bertz CT molecular complexity index is 117. The van der Waals surface area contributed by atoms with Crippen molar-refractivity contribution in [3.63, 3.8) is 0 Å². The molecule has 0 aliphatic heterocycles. The third-order valence-corrected chi connectivity index (χ3v) is 1.83. The van der Waals surface area contributed by atoms with Gasteiger partial charge in [-0.2, -0.15) is 0 Å². The second-order valence-electron chi connectivity index (χ2n) is 3.48. The Labute approximate surface area is 86.7 Å². The van der Waals surface area contributed by atoms with Crippen molar-refractivity contribution in [2.24, 2.45) is 5.92 Å². The van der Waals surface area contributed by atoms with Gasteiger partial charge < -0.3 is 5.11 Å². The predicted molar refractivity (Wildman–Crippen MR) is 49.5 cm³/mol. The van der Waals surface area contributed by atoms with Crippen LogP contribution < -0.4 is 0 Å². The van der Waals surface area contributed by atoms with Crippen LogP contribution in [-0.4, -0.2) is 11.7 Å². The van der Waals surface area contributed by atoms with Crippen molar-refractivity contribution >= 4 is 0 Å². The summed E-state index contributed by atoms with van der Waals surface area (Å²) in [5.74, 6) is 0.663. The van der Waals surface area contributed by atoms with Gasteiger partial charge in [-0.05, 0) is 39.0 Å². The quantitative estimate of drug-likeness (QED) is 0.557. The minimum absolute atomic E-state index is 0. The maximum Gasteiger partial charge on any atom is 0.0433 e. The molecule has 0 aromatic heterocycles. The molecule has 0 rings (SSSR count). The van der Waals surface area contributed by atoms with Crippen LogP contribution in [0.15, 0.2) is 11.6 Å². The van der Waals surface area contributed by atoms with Gasteiger partial charge >= 0.3 is 0 Å². The minimum atomic E-state index is 0. The van der Waals surface area contributed by atoms with E-state index in [-0.39, 0.29) is 17.1 Å². The predicted octanol–water partition coefficient (Wildman–Crippen LogP) is 2.75.